The molecule has 1 aromatic carbocycles. The van der Waals surface area contributed by atoms with Gasteiger partial charge < -0.3 is 5.73 Å². The van der Waals surface area contributed by atoms with E-state index in [4.69, 9.17) is 5.73 Å². The minimum atomic E-state index is -0.605. The van der Waals surface area contributed by atoms with Crippen LogP contribution in [0, 0.1) is 5.82 Å². The third kappa shape index (κ3) is 3.24. The molecule has 1 heterocycles. The van der Waals surface area contributed by atoms with Gasteiger partial charge in [0, 0.05) is 22.8 Å². The van der Waals surface area contributed by atoms with E-state index in [1.54, 1.807) is 6.07 Å². The van der Waals surface area contributed by atoms with Crippen molar-refractivity contribution < 1.29 is 4.39 Å². The van der Waals surface area contributed by atoms with Crippen molar-refractivity contribution in [3.63, 3.8) is 0 Å². The molecule has 0 aliphatic heterocycles. The summed E-state index contributed by atoms with van der Waals surface area (Å²) in [5.41, 5.74) is 4.77. The summed E-state index contributed by atoms with van der Waals surface area (Å²) in [7, 11) is 0. The average molecular weight is 356 g/mol. The Labute approximate surface area is 129 Å². The van der Waals surface area contributed by atoms with Gasteiger partial charge in [0.25, 0.3) is 5.56 Å². The summed E-state index contributed by atoms with van der Waals surface area (Å²) >= 11 is 3.24. The Morgan fingerprint density at radius 1 is 1.33 bits per heavy atom. The summed E-state index contributed by atoms with van der Waals surface area (Å²) < 4.78 is 16.8. The summed E-state index contributed by atoms with van der Waals surface area (Å²) in [4.78, 5) is 24.3. The van der Waals surface area contributed by atoms with E-state index in [2.05, 4.69) is 15.9 Å². The van der Waals surface area contributed by atoms with Gasteiger partial charge in [-0.05, 0) is 24.6 Å². The maximum Gasteiger partial charge on any atom is 0.331 e. The van der Waals surface area contributed by atoms with Gasteiger partial charge in [-0.2, -0.15) is 0 Å². The van der Waals surface area contributed by atoms with Crippen LogP contribution in [0.2, 0.25) is 0 Å². The second kappa shape index (κ2) is 6.26. The van der Waals surface area contributed by atoms with Crippen molar-refractivity contribution in [1.82, 2.24) is 9.13 Å². The molecule has 5 nitrogen and oxygen atoms in total. The maximum atomic E-state index is 13.8. The number of anilines is 1. The molecular formula is C14H15BrFN3O2. The molecule has 2 N–H and O–H groups in total. The van der Waals surface area contributed by atoms with Gasteiger partial charge in [-0.15, -0.1) is 0 Å². The summed E-state index contributed by atoms with van der Waals surface area (Å²) in [5, 5.41) is 0. The SMILES string of the molecule is CCCn1cc(N)c(=O)n(Cc2cc(Br)ccc2F)c1=O. The zero-order valence-corrected chi connectivity index (χ0v) is 13.1. The van der Waals surface area contributed by atoms with Crippen LogP contribution >= 0.6 is 15.9 Å². The van der Waals surface area contributed by atoms with Crippen molar-refractivity contribution in [2.75, 3.05) is 5.73 Å². The van der Waals surface area contributed by atoms with Gasteiger partial charge in [-0.3, -0.25) is 13.9 Å². The van der Waals surface area contributed by atoms with Crippen LogP contribution in [0.15, 0.2) is 38.5 Å². The minimum Gasteiger partial charge on any atom is -0.393 e. The molecular weight excluding hydrogens is 341 g/mol. The Bertz CT molecular complexity index is 783. The molecule has 0 spiro atoms. The molecule has 0 bridgehead atoms. The summed E-state index contributed by atoms with van der Waals surface area (Å²) in [5.74, 6) is -0.478. The minimum absolute atomic E-state index is 0.0292. The molecule has 0 unspecified atom stereocenters. The quantitative estimate of drug-likeness (QED) is 0.911. The van der Waals surface area contributed by atoms with E-state index in [1.165, 1.54) is 22.9 Å². The monoisotopic (exact) mass is 355 g/mol. The molecule has 0 saturated carbocycles. The van der Waals surface area contributed by atoms with Gasteiger partial charge >= 0.3 is 5.69 Å². The third-order valence-corrected chi connectivity index (χ3v) is 3.56. The van der Waals surface area contributed by atoms with E-state index < -0.39 is 17.1 Å². The van der Waals surface area contributed by atoms with Crippen LogP contribution in [0.1, 0.15) is 18.9 Å². The second-order valence-corrected chi connectivity index (χ2v) is 5.60. The van der Waals surface area contributed by atoms with Gasteiger partial charge in [-0.25, -0.2) is 9.18 Å². The van der Waals surface area contributed by atoms with Crippen molar-refractivity contribution >= 4 is 21.6 Å². The molecule has 0 fully saturated rings. The topological polar surface area (TPSA) is 70.0 Å². The number of benzene rings is 1. The maximum absolute atomic E-state index is 13.8. The van der Waals surface area contributed by atoms with Crippen molar-refractivity contribution in [1.29, 1.82) is 0 Å². The molecule has 7 heteroatoms. The first-order chi connectivity index (χ1) is 9.93. The number of aryl methyl sites for hydroxylation is 1. The molecule has 112 valence electrons. The summed E-state index contributed by atoms with van der Waals surface area (Å²) in [6.07, 6.45) is 2.06. The Hall–Kier alpha value is -1.89. The molecule has 21 heavy (non-hydrogen) atoms. The smallest absolute Gasteiger partial charge is 0.331 e. The molecule has 0 amide bonds. The highest BCUT2D eigenvalue weighted by molar-refractivity contribution is 9.10. The van der Waals surface area contributed by atoms with E-state index in [1.807, 2.05) is 6.92 Å². The van der Waals surface area contributed by atoms with E-state index in [0.29, 0.717) is 11.0 Å². The van der Waals surface area contributed by atoms with E-state index in [-0.39, 0.29) is 17.8 Å². The fraction of sp³-hybridized carbons (Fsp3) is 0.286. The lowest BCUT2D eigenvalue weighted by atomic mass is 10.2. The zero-order chi connectivity index (χ0) is 15.6. The number of nitrogens with zero attached hydrogens (tertiary/aromatic N) is 2. The lowest BCUT2D eigenvalue weighted by molar-refractivity contribution is 0.553. The molecule has 0 aliphatic carbocycles. The van der Waals surface area contributed by atoms with Crippen molar-refractivity contribution in [3.8, 4) is 0 Å². The fourth-order valence-corrected chi connectivity index (χ4v) is 2.46. The van der Waals surface area contributed by atoms with Crippen LogP contribution in [-0.2, 0) is 13.1 Å². The van der Waals surface area contributed by atoms with Crippen molar-refractivity contribution in [3.05, 3.63) is 61.1 Å². The zero-order valence-electron chi connectivity index (χ0n) is 11.5. The first kappa shape index (κ1) is 15.5. The van der Waals surface area contributed by atoms with Gasteiger partial charge in [0.05, 0.1) is 6.54 Å². The first-order valence-electron chi connectivity index (χ1n) is 6.47. The second-order valence-electron chi connectivity index (χ2n) is 4.69. The lowest BCUT2D eigenvalue weighted by Gasteiger charge is -2.11. The van der Waals surface area contributed by atoms with Gasteiger partial charge in [0.1, 0.15) is 11.5 Å². The number of hydrogen-bond donors (Lipinski definition) is 1. The molecule has 2 rings (SSSR count). The van der Waals surface area contributed by atoms with Crippen LogP contribution in [0.4, 0.5) is 10.1 Å². The average Bonchev–Trinajstić information content (AvgIpc) is 2.44. The number of halogens is 2. The summed E-state index contributed by atoms with van der Waals surface area (Å²) in [6, 6.07) is 4.37. The third-order valence-electron chi connectivity index (χ3n) is 3.06. The Kier molecular flexibility index (Phi) is 4.62. The van der Waals surface area contributed by atoms with Gasteiger partial charge in [0.15, 0.2) is 0 Å². The predicted molar refractivity (Wildman–Crippen MR) is 82.9 cm³/mol. The highest BCUT2D eigenvalue weighted by atomic mass is 79.9. The summed E-state index contributed by atoms with van der Waals surface area (Å²) in [6.45, 7) is 2.20. The highest BCUT2D eigenvalue weighted by Crippen LogP contribution is 2.15. The van der Waals surface area contributed by atoms with Crippen LogP contribution in [0.3, 0.4) is 0 Å². The Morgan fingerprint density at radius 2 is 2.05 bits per heavy atom. The lowest BCUT2D eigenvalue weighted by Crippen LogP contribution is -2.41. The number of nitrogen functional groups attached to an aromatic ring is 1. The fourth-order valence-electron chi connectivity index (χ4n) is 2.05. The first-order valence-corrected chi connectivity index (χ1v) is 7.27. The predicted octanol–water partition coefficient (Wildman–Crippen LogP) is 1.95. The van der Waals surface area contributed by atoms with E-state index in [9.17, 15) is 14.0 Å². The largest absolute Gasteiger partial charge is 0.393 e. The number of nitrogens with two attached hydrogens (primary N) is 1. The highest BCUT2D eigenvalue weighted by Gasteiger charge is 2.12. The van der Waals surface area contributed by atoms with Crippen LogP contribution in [0.5, 0.6) is 0 Å². The Morgan fingerprint density at radius 3 is 2.71 bits per heavy atom. The number of aromatic nitrogens is 2. The molecule has 0 saturated heterocycles. The Balaban J connectivity index is 2.56. The molecule has 0 aliphatic rings. The number of rotatable bonds is 4. The van der Waals surface area contributed by atoms with Crippen LogP contribution in [0.25, 0.3) is 0 Å². The number of hydrogen-bond acceptors (Lipinski definition) is 3. The normalized spacial score (nSPS) is 10.8. The molecule has 0 atom stereocenters. The molecule has 0 radical (unpaired) electrons. The van der Waals surface area contributed by atoms with Crippen molar-refractivity contribution in [2.24, 2.45) is 0 Å². The van der Waals surface area contributed by atoms with Crippen LogP contribution in [-0.4, -0.2) is 9.13 Å². The van der Waals surface area contributed by atoms with E-state index >= 15 is 0 Å². The van der Waals surface area contributed by atoms with Crippen LogP contribution < -0.4 is 17.0 Å². The van der Waals surface area contributed by atoms with Gasteiger partial charge in [-0.1, -0.05) is 22.9 Å². The molecule has 1 aromatic heterocycles. The molecule has 2 aromatic rings. The standard InChI is InChI=1S/C14H15BrFN3O2/c1-2-5-18-8-12(17)13(20)19(14(18)21)7-9-6-10(15)3-4-11(9)16/h3-4,6,8H,2,5,7,17H2,1H3. The van der Waals surface area contributed by atoms with Crippen molar-refractivity contribution in [2.45, 2.75) is 26.4 Å². The van der Waals surface area contributed by atoms with E-state index in [0.717, 1.165) is 11.0 Å². The van der Waals surface area contributed by atoms with Gasteiger partial charge in [0.2, 0.25) is 0 Å².